The summed E-state index contributed by atoms with van der Waals surface area (Å²) in [5, 5.41) is 20.3. The molecule has 12 heteroatoms. The van der Waals surface area contributed by atoms with Crippen molar-refractivity contribution >= 4 is 29.4 Å². The molecule has 0 aromatic carbocycles. The number of primary amides is 1. The number of hydrogen-bond donors (Lipinski definition) is 5. The first kappa shape index (κ1) is 36.5. The number of hydrogen-bond acceptors (Lipinski definition) is 8. The Labute approximate surface area is 278 Å². The van der Waals surface area contributed by atoms with E-state index in [4.69, 9.17) is 5.73 Å². The van der Waals surface area contributed by atoms with Crippen LogP contribution in [-0.2, 0) is 14.4 Å². The second kappa shape index (κ2) is 15.7. The van der Waals surface area contributed by atoms with Gasteiger partial charge in [-0.05, 0) is 66.9 Å². The minimum Gasteiger partial charge on any atom is -0.376 e. The Morgan fingerprint density at radius 2 is 1.68 bits per heavy atom. The van der Waals surface area contributed by atoms with Crippen LogP contribution in [0.25, 0.3) is 0 Å². The Morgan fingerprint density at radius 3 is 2.23 bits per heavy atom. The first-order chi connectivity index (χ1) is 22.2. The summed E-state index contributed by atoms with van der Waals surface area (Å²) in [5.74, 6) is -2.25. The molecule has 3 fully saturated rings. The summed E-state index contributed by atoms with van der Waals surface area (Å²) in [6, 6.07) is 1.06. The van der Waals surface area contributed by atoms with E-state index in [1.54, 1.807) is 29.3 Å². The minimum atomic E-state index is -1.30. The maximum atomic E-state index is 14.4. The summed E-state index contributed by atoms with van der Waals surface area (Å²) in [4.78, 5) is 72.0. The van der Waals surface area contributed by atoms with Crippen LogP contribution in [-0.4, -0.2) is 81.3 Å². The summed E-state index contributed by atoms with van der Waals surface area (Å²) >= 11 is 0. The quantitative estimate of drug-likeness (QED) is 0.115. The van der Waals surface area contributed by atoms with Gasteiger partial charge in [0.2, 0.25) is 17.5 Å². The van der Waals surface area contributed by atoms with E-state index in [2.05, 4.69) is 20.9 Å². The Hall–Kier alpha value is -3.38. The molecule has 0 spiro atoms. The summed E-state index contributed by atoms with van der Waals surface area (Å²) < 4.78 is 0. The molecule has 2 heterocycles. The summed E-state index contributed by atoms with van der Waals surface area (Å²) in [5.41, 5.74) is 4.89. The molecule has 2 unspecified atom stereocenters. The van der Waals surface area contributed by atoms with E-state index in [1.165, 1.54) is 0 Å². The van der Waals surface area contributed by atoms with Crippen molar-refractivity contribution in [2.45, 2.75) is 123 Å². The lowest BCUT2D eigenvalue weighted by Crippen LogP contribution is -2.63. The molecule has 47 heavy (non-hydrogen) atoms. The van der Waals surface area contributed by atoms with Gasteiger partial charge in [-0.15, -0.1) is 0 Å². The average Bonchev–Trinajstić information content (AvgIpc) is 3.74. The predicted molar refractivity (Wildman–Crippen MR) is 177 cm³/mol. The van der Waals surface area contributed by atoms with E-state index in [0.29, 0.717) is 19.4 Å². The van der Waals surface area contributed by atoms with E-state index in [9.17, 15) is 29.1 Å². The molecule has 2 aliphatic carbocycles. The zero-order valence-corrected chi connectivity index (χ0v) is 28.5. The Morgan fingerprint density at radius 1 is 1.00 bits per heavy atom. The number of nitrogens with one attached hydrogen (secondary N) is 3. The highest BCUT2D eigenvalue weighted by Crippen LogP contribution is 2.36. The van der Waals surface area contributed by atoms with Crippen molar-refractivity contribution in [2.75, 3.05) is 6.54 Å². The molecule has 1 saturated heterocycles. The second-order valence-corrected chi connectivity index (χ2v) is 15.2. The van der Waals surface area contributed by atoms with E-state index < -0.39 is 53.5 Å². The molecule has 6 N–H and O–H groups in total. The first-order valence-corrected chi connectivity index (χ1v) is 17.3. The third-order valence-corrected chi connectivity index (χ3v) is 10.2. The van der Waals surface area contributed by atoms with Crippen LogP contribution in [0.3, 0.4) is 0 Å². The number of aliphatic hydroxyl groups is 1. The minimum absolute atomic E-state index is 0.0459. The normalized spacial score (nSPS) is 23.1. The first-order valence-electron chi connectivity index (χ1n) is 17.3. The molecule has 1 aromatic heterocycles. The number of urea groups is 1. The van der Waals surface area contributed by atoms with Crippen molar-refractivity contribution in [1.29, 1.82) is 0 Å². The van der Waals surface area contributed by atoms with E-state index in [-0.39, 0.29) is 41.1 Å². The highest BCUT2D eigenvalue weighted by Gasteiger charge is 2.48. The lowest BCUT2D eigenvalue weighted by molar-refractivity contribution is -0.142. The van der Waals surface area contributed by atoms with E-state index in [0.717, 1.165) is 44.9 Å². The molecule has 0 radical (unpaired) electrons. The number of carbonyl (C=O) groups excluding carboxylic acids is 5. The summed E-state index contributed by atoms with van der Waals surface area (Å²) in [7, 11) is 0. The van der Waals surface area contributed by atoms with Gasteiger partial charge in [0.25, 0.3) is 5.91 Å². The fraction of sp³-hybridized carbons (Fsp3) is 0.714. The highest BCUT2D eigenvalue weighted by atomic mass is 16.3. The monoisotopic (exact) mass is 654 g/mol. The number of aliphatic hydroxyl groups excluding tert-OH is 1. The van der Waals surface area contributed by atoms with Crippen molar-refractivity contribution < 1.29 is 29.1 Å². The van der Waals surface area contributed by atoms with Crippen LogP contribution in [0.4, 0.5) is 4.79 Å². The smallest absolute Gasteiger partial charge is 0.316 e. The number of ketones is 2. The molecular weight excluding hydrogens is 600 g/mol. The van der Waals surface area contributed by atoms with Crippen LogP contribution < -0.4 is 21.7 Å². The SMILES string of the molecule is CC(C)[C@H]1CCN(C(=O)[C@@H](NC(=O)N[C@H](C(=O)c2ccccn2)C2CCCCC2)C(C)(C)C)[C@@H]1C(O)NC(CC1CC1)C(=O)C(N)=O. The number of carbonyl (C=O) groups is 5. The maximum absolute atomic E-state index is 14.4. The van der Waals surface area contributed by atoms with Gasteiger partial charge < -0.3 is 26.4 Å². The van der Waals surface area contributed by atoms with Gasteiger partial charge in [0.15, 0.2) is 0 Å². The molecule has 6 atom stereocenters. The number of nitrogens with zero attached hydrogens (tertiary/aromatic N) is 2. The van der Waals surface area contributed by atoms with Gasteiger partial charge in [-0.25, -0.2) is 4.79 Å². The standard InChI is InChI=1S/C35H54N6O6/c1-20(2)23-16-18-41(27(23)32(45)38-25(19-21-14-15-21)29(43)31(36)44)33(46)30(35(3,4)5)40-34(47)39-26(22-11-7-6-8-12-22)28(42)24-13-9-10-17-37-24/h9-10,13,17,20-23,25-27,30,32,38,45H,6-8,11-12,14-16,18-19H2,1-5H3,(H2,36,44)(H2,39,40,47)/t23-,25?,26+,27+,30-,32?/m1/s1. The van der Waals surface area contributed by atoms with Crippen molar-refractivity contribution in [2.24, 2.45) is 34.8 Å². The third kappa shape index (κ3) is 9.37. The number of pyridine rings is 1. The number of rotatable bonds is 14. The van der Waals surface area contributed by atoms with Crippen LogP contribution in [0.5, 0.6) is 0 Å². The molecule has 2 saturated carbocycles. The molecule has 1 aliphatic heterocycles. The van der Waals surface area contributed by atoms with Crippen molar-refractivity contribution in [3.63, 3.8) is 0 Å². The van der Waals surface area contributed by atoms with Crippen molar-refractivity contribution in [3.05, 3.63) is 30.1 Å². The van der Waals surface area contributed by atoms with Gasteiger partial charge in [0.05, 0.1) is 18.1 Å². The van der Waals surface area contributed by atoms with E-state index in [1.807, 2.05) is 34.6 Å². The van der Waals surface area contributed by atoms with Crippen molar-refractivity contribution in [1.82, 2.24) is 25.8 Å². The molecule has 12 nitrogen and oxygen atoms in total. The maximum Gasteiger partial charge on any atom is 0.316 e. The van der Waals surface area contributed by atoms with E-state index >= 15 is 0 Å². The zero-order valence-electron chi connectivity index (χ0n) is 28.5. The van der Waals surface area contributed by atoms with Gasteiger partial charge in [-0.3, -0.25) is 29.5 Å². The van der Waals surface area contributed by atoms with Crippen LogP contribution >= 0.6 is 0 Å². The molecule has 260 valence electrons. The lowest BCUT2D eigenvalue weighted by atomic mass is 9.81. The molecule has 0 bridgehead atoms. The average molecular weight is 655 g/mol. The van der Waals surface area contributed by atoms with Crippen molar-refractivity contribution in [3.8, 4) is 0 Å². The fourth-order valence-electron chi connectivity index (χ4n) is 7.30. The summed E-state index contributed by atoms with van der Waals surface area (Å²) in [6.45, 7) is 9.94. The molecule has 3 aliphatic rings. The molecule has 1 aromatic rings. The Bertz CT molecular complexity index is 1270. The summed E-state index contributed by atoms with van der Waals surface area (Å²) in [6.07, 6.45) is 7.79. The van der Waals surface area contributed by atoms with Crippen LogP contribution in [0.2, 0.25) is 0 Å². The van der Waals surface area contributed by atoms with Gasteiger partial charge in [-0.1, -0.05) is 72.8 Å². The Balaban J connectivity index is 1.54. The van der Waals surface area contributed by atoms with Gasteiger partial charge >= 0.3 is 6.03 Å². The molecular formula is C35H54N6O6. The second-order valence-electron chi connectivity index (χ2n) is 15.2. The zero-order chi connectivity index (χ0) is 34.5. The number of likely N-dealkylation sites (tertiary alicyclic amines) is 1. The number of Topliss-reactive ketones (excluding diaryl/α,β-unsaturated/α-hetero) is 2. The van der Waals surface area contributed by atoms with Gasteiger partial charge in [0.1, 0.15) is 18.0 Å². The number of nitrogens with two attached hydrogens (primary N) is 1. The predicted octanol–water partition coefficient (Wildman–Crippen LogP) is 2.93. The lowest BCUT2D eigenvalue weighted by Gasteiger charge is -2.40. The van der Waals surface area contributed by atoms with Crippen LogP contribution in [0, 0.1) is 29.1 Å². The van der Waals surface area contributed by atoms with Crippen LogP contribution in [0.15, 0.2) is 24.4 Å². The fourth-order valence-corrected chi connectivity index (χ4v) is 7.30. The molecule has 4 rings (SSSR count). The number of aromatic nitrogens is 1. The number of amides is 4. The third-order valence-electron chi connectivity index (χ3n) is 10.2. The topological polar surface area (TPSA) is 184 Å². The van der Waals surface area contributed by atoms with Crippen LogP contribution in [0.1, 0.15) is 103 Å². The van der Waals surface area contributed by atoms with Gasteiger partial charge in [-0.2, -0.15) is 0 Å². The Kier molecular flexibility index (Phi) is 12.2. The largest absolute Gasteiger partial charge is 0.376 e. The van der Waals surface area contributed by atoms with Gasteiger partial charge in [0, 0.05) is 12.7 Å². The highest BCUT2D eigenvalue weighted by molar-refractivity contribution is 6.37. The molecule has 4 amide bonds.